The predicted octanol–water partition coefficient (Wildman–Crippen LogP) is 5.21. The Morgan fingerprint density at radius 1 is 1.31 bits per heavy atom. The van der Waals surface area contributed by atoms with Crippen molar-refractivity contribution in [3.8, 4) is 5.75 Å². The van der Waals surface area contributed by atoms with Crippen LogP contribution in [0.25, 0.3) is 0 Å². The van der Waals surface area contributed by atoms with E-state index in [1.54, 1.807) is 26.8 Å². The molecule has 4 aliphatic rings. The zero-order valence-corrected chi connectivity index (χ0v) is 20.7. The third-order valence-electron chi connectivity index (χ3n) is 7.67. The number of hydrogen-bond acceptors (Lipinski definition) is 5. The lowest BCUT2D eigenvalue weighted by Gasteiger charge is -2.64. The Kier molecular flexibility index (Phi) is 5.87. The monoisotopic (exact) mass is 466 g/mol. The normalized spacial score (nSPS) is 31.5. The van der Waals surface area contributed by atoms with Crippen LogP contribution in [0, 0.1) is 23.1 Å². The number of carbonyl (C=O) groups excluding carboxylic acids is 1. The van der Waals surface area contributed by atoms with Gasteiger partial charge in [-0.3, -0.25) is 0 Å². The van der Waals surface area contributed by atoms with Crippen molar-refractivity contribution in [3.05, 3.63) is 29.1 Å². The van der Waals surface area contributed by atoms with Crippen LogP contribution < -0.4 is 4.74 Å². The predicted molar refractivity (Wildman–Crippen MR) is 122 cm³/mol. The average molecular weight is 467 g/mol. The van der Waals surface area contributed by atoms with Crippen molar-refractivity contribution in [2.75, 3.05) is 7.11 Å². The Balaban J connectivity index is 1.54. The van der Waals surface area contributed by atoms with E-state index in [1.165, 1.54) is 13.2 Å². The summed E-state index contributed by atoms with van der Waals surface area (Å²) in [4.78, 5) is 12.6. The van der Waals surface area contributed by atoms with E-state index in [4.69, 9.17) is 30.4 Å². The Bertz CT molecular complexity index is 916. The summed E-state index contributed by atoms with van der Waals surface area (Å²) in [7, 11) is 0.824. The second-order valence-corrected chi connectivity index (χ2v) is 11.7. The van der Waals surface area contributed by atoms with Gasteiger partial charge in [0.05, 0.1) is 24.1 Å². The van der Waals surface area contributed by atoms with E-state index in [-0.39, 0.29) is 28.4 Å². The lowest BCUT2D eigenvalue weighted by Crippen LogP contribution is -2.65. The minimum Gasteiger partial charge on any atom is -0.495 e. The van der Waals surface area contributed by atoms with E-state index >= 15 is 0 Å². The van der Waals surface area contributed by atoms with Crippen molar-refractivity contribution in [3.63, 3.8) is 0 Å². The fourth-order valence-corrected chi connectivity index (χ4v) is 6.15. The smallest absolute Gasteiger partial charge is 0.477 e. The molecule has 32 heavy (non-hydrogen) atoms. The summed E-state index contributed by atoms with van der Waals surface area (Å²) in [6, 6.07) is 2.83. The molecule has 0 spiro atoms. The van der Waals surface area contributed by atoms with Crippen molar-refractivity contribution in [2.24, 2.45) is 17.3 Å². The highest BCUT2D eigenvalue weighted by molar-refractivity contribution is 6.60. The summed E-state index contributed by atoms with van der Waals surface area (Å²) < 4.78 is 38.1. The molecule has 0 radical (unpaired) electrons. The zero-order valence-electron chi connectivity index (χ0n) is 20.0. The number of ether oxygens (including phenoxy) is 2. The first-order valence-corrected chi connectivity index (χ1v) is 11.8. The minimum absolute atomic E-state index is 0.0259. The molecule has 1 saturated heterocycles. The van der Waals surface area contributed by atoms with E-state index in [0.29, 0.717) is 23.8 Å². The standard InChI is InChI=1S/C24H33BClFO5/c1-22(2,3)30-21(28)19-15(27)9-8-13(20(19)29-7)10-18(26)25-31-17-12-14-11-16(23(14,4)5)24(17,6)32-25/h8-9,14,16-18H,10-12H2,1-7H3/t14-,16-,17+,18?,24-/m0/s1. The number of esters is 1. The molecule has 0 N–H and O–H groups in total. The van der Waals surface area contributed by atoms with Crippen molar-refractivity contribution < 1.29 is 28.0 Å². The number of hydrogen-bond donors (Lipinski definition) is 0. The van der Waals surface area contributed by atoms with Gasteiger partial charge < -0.3 is 18.8 Å². The molecule has 5 nitrogen and oxygen atoms in total. The molecule has 0 amide bonds. The fourth-order valence-electron chi connectivity index (χ4n) is 5.87. The van der Waals surface area contributed by atoms with E-state index in [0.717, 1.165) is 12.8 Å². The number of carbonyl (C=O) groups is 1. The molecule has 1 aliphatic heterocycles. The summed E-state index contributed by atoms with van der Waals surface area (Å²) in [5, 5.41) is -0.524. The second kappa shape index (κ2) is 7.88. The second-order valence-electron chi connectivity index (χ2n) is 11.2. The highest BCUT2D eigenvalue weighted by Crippen LogP contribution is 2.65. The van der Waals surface area contributed by atoms with Crippen LogP contribution in [0.4, 0.5) is 4.39 Å². The molecule has 1 heterocycles. The number of halogens is 2. The third-order valence-corrected chi connectivity index (χ3v) is 8.03. The van der Waals surface area contributed by atoms with Crippen LogP contribution in [0.2, 0.25) is 0 Å². The maximum absolute atomic E-state index is 14.6. The van der Waals surface area contributed by atoms with Gasteiger partial charge in [0.15, 0.2) is 0 Å². The molecule has 8 heteroatoms. The molecule has 176 valence electrons. The molecule has 4 fully saturated rings. The maximum Gasteiger partial charge on any atom is 0.477 e. The molecule has 1 unspecified atom stereocenters. The lowest BCUT2D eigenvalue weighted by molar-refractivity contribution is -0.199. The van der Waals surface area contributed by atoms with Crippen molar-refractivity contribution in [2.45, 2.75) is 83.4 Å². The Labute approximate surface area is 195 Å². The van der Waals surface area contributed by atoms with Gasteiger partial charge in [0.2, 0.25) is 0 Å². The zero-order chi connectivity index (χ0) is 23.6. The quantitative estimate of drug-likeness (QED) is 0.339. The summed E-state index contributed by atoms with van der Waals surface area (Å²) in [5.41, 5.74) is -0.490. The number of alkyl halides is 1. The van der Waals surface area contributed by atoms with Gasteiger partial charge in [0, 0.05) is 0 Å². The first-order chi connectivity index (χ1) is 14.8. The highest BCUT2D eigenvalue weighted by atomic mass is 35.5. The van der Waals surface area contributed by atoms with Gasteiger partial charge in [-0.2, -0.15) is 0 Å². The molecular weight excluding hydrogens is 434 g/mol. The largest absolute Gasteiger partial charge is 0.495 e. The summed E-state index contributed by atoms with van der Waals surface area (Å²) in [5.74, 6) is -0.245. The van der Waals surface area contributed by atoms with Crippen LogP contribution in [0.1, 0.15) is 70.3 Å². The molecule has 1 aromatic carbocycles. The Morgan fingerprint density at radius 3 is 2.59 bits per heavy atom. The lowest BCUT2D eigenvalue weighted by atomic mass is 9.43. The van der Waals surface area contributed by atoms with E-state index in [2.05, 4.69) is 20.8 Å². The summed E-state index contributed by atoms with van der Waals surface area (Å²) >= 11 is 6.77. The molecule has 3 saturated carbocycles. The van der Waals surface area contributed by atoms with E-state index in [1.807, 2.05) is 0 Å². The molecule has 0 aromatic heterocycles. The van der Waals surface area contributed by atoms with Crippen LogP contribution in [0.5, 0.6) is 5.75 Å². The van der Waals surface area contributed by atoms with Gasteiger partial charge in [-0.05, 0) is 75.8 Å². The summed E-state index contributed by atoms with van der Waals surface area (Å²) in [6.45, 7) is 12.0. The Morgan fingerprint density at radius 2 is 2.00 bits per heavy atom. The average Bonchev–Trinajstić information content (AvgIpc) is 3.04. The first kappa shape index (κ1) is 23.8. The van der Waals surface area contributed by atoms with Crippen molar-refractivity contribution >= 4 is 24.7 Å². The highest BCUT2D eigenvalue weighted by Gasteiger charge is 2.68. The number of rotatable bonds is 5. The number of benzene rings is 1. The molecule has 5 rings (SSSR count). The van der Waals surface area contributed by atoms with Gasteiger partial charge in [-0.25, -0.2) is 9.18 Å². The van der Waals surface area contributed by atoms with Gasteiger partial charge in [0.1, 0.15) is 22.7 Å². The van der Waals surface area contributed by atoms with Gasteiger partial charge in [0.25, 0.3) is 0 Å². The minimum atomic E-state index is -0.770. The van der Waals surface area contributed by atoms with Crippen LogP contribution in [-0.4, -0.2) is 42.8 Å². The van der Waals surface area contributed by atoms with Gasteiger partial charge in [-0.15, -0.1) is 11.6 Å². The van der Waals surface area contributed by atoms with Crippen LogP contribution in [-0.2, 0) is 20.5 Å². The fraction of sp³-hybridized carbons (Fsp3) is 0.708. The number of methoxy groups -OCH3 is 1. The molecule has 3 aliphatic carbocycles. The SMILES string of the molecule is COc1c(CC(Cl)B2O[C@@H]3C[C@@H]4C[C@@H](C4(C)C)[C@]3(C)O2)ccc(F)c1C(=O)OC(C)(C)C. The van der Waals surface area contributed by atoms with Crippen molar-refractivity contribution in [1.82, 2.24) is 0 Å². The molecule has 5 atom stereocenters. The van der Waals surface area contributed by atoms with Crippen LogP contribution in [0.15, 0.2) is 12.1 Å². The van der Waals surface area contributed by atoms with Gasteiger partial charge in [-0.1, -0.05) is 19.9 Å². The van der Waals surface area contributed by atoms with Crippen molar-refractivity contribution in [1.29, 1.82) is 0 Å². The first-order valence-electron chi connectivity index (χ1n) is 11.3. The Hall–Kier alpha value is -1.31. The van der Waals surface area contributed by atoms with E-state index < -0.39 is 29.8 Å². The molecule has 2 bridgehead atoms. The van der Waals surface area contributed by atoms with Gasteiger partial charge >= 0.3 is 13.1 Å². The molecular formula is C24H33BClFO5. The van der Waals surface area contributed by atoms with Crippen LogP contribution in [0.3, 0.4) is 0 Å². The summed E-state index contributed by atoms with van der Waals surface area (Å²) in [6.07, 6.45) is 2.46. The van der Waals surface area contributed by atoms with Crippen LogP contribution >= 0.6 is 11.6 Å². The maximum atomic E-state index is 14.6. The topological polar surface area (TPSA) is 54.0 Å². The molecule has 1 aromatic rings. The third kappa shape index (κ3) is 3.84. The van der Waals surface area contributed by atoms with E-state index in [9.17, 15) is 9.18 Å².